The number of H-pyrrole nitrogens is 1. The third-order valence-corrected chi connectivity index (χ3v) is 6.77. The highest BCUT2D eigenvalue weighted by Gasteiger charge is 2.41. The molecule has 0 fully saturated rings. The minimum Gasteiger partial charge on any atom is -0.312 e. The predicted octanol–water partition coefficient (Wildman–Crippen LogP) is 7.04. The van der Waals surface area contributed by atoms with Gasteiger partial charge in [0, 0.05) is 18.0 Å². The molecule has 0 saturated carbocycles. The van der Waals surface area contributed by atoms with E-state index in [0.717, 1.165) is 0 Å². The summed E-state index contributed by atoms with van der Waals surface area (Å²) in [6.07, 6.45) is -8.27. The van der Waals surface area contributed by atoms with Gasteiger partial charge >= 0.3 is 12.4 Å². The van der Waals surface area contributed by atoms with Gasteiger partial charge in [0.25, 0.3) is 0 Å². The number of hydrogen-bond acceptors (Lipinski definition) is 4. The summed E-state index contributed by atoms with van der Waals surface area (Å²) in [4.78, 5) is 19.8. The third kappa shape index (κ3) is 5.11. The Labute approximate surface area is 225 Å². The van der Waals surface area contributed by atoms with Crippen molar-refractivity contribution in [3.05, 3.63) is 76.6 Å². The van der Waals surface area contributed by atoms with Gasteiger partial charge in [-0.2, -0.15) is 36.7 Å². The Morgan fingerprint density at radius 1 is 0.975 bits per heavy atom. The van der Waals surface area contributed by atoms with Crippen molar-refractivity contribution in [2.24, 2.45) is 0 Å². The molecule has 0 atom stereocenters. The zero-order chi connectivity index (χ0) is 29.6. The highest BCUT2D eigenvalue weighted by atomic mass is 19.4. The summed E-state index contributed by atoms with van der Waals surface area (Å²) in [5.41, 5.74) is -2.55. The van der Waals surface area contributed by atoms with Crippen molar-refractivity contribution in [1.82, 2.24) is 15.2 Å². The lowest BCUT2D eigenvalue weighted by Crippen LogP contribution is -2.42. The van der Waals surface area contributed by atoms with Crippen LogP contribution in [0.2, 0.25) is 0 Å². The Hall–Kier alpha value is -4.40. The maximum absolute atomic E-state index is 14.0. The lowest BCUT2D eigenvalue weighted by molar-refractivity contribution is -0.143. The Kier molecular flexibility index (Phi) is 7.13. The molecular weight excluding hydrogens is 536 g/mol. The van der Waals surface area contributed by atoms with E-state index in [1.54, 1.807) is 31.2 Å². The monoisotopic (exact) mass is 559 g/mol. The summed E-state index contributed by atoms with van der Waals surface area (Å²) in [5.74, 6) is -0.755. The number of aromatic amines is 1. The van der Waals surface area contributed by atoms with Crippen molar-refractivity contribution in [2.45, 2.75) is 45.0 Å². The first kappa shape index (κ1) is 28.6. The van der Waals surface area contributed by atoms with E-state index in [0.29, 0.717) is 57.7 Å². The zero-order valence-corrected chi connectivity index (χ0v) is 21.8. The predicted molar refractivity (Wildman–Crippen MR) is 136 cm³/mol. The maximum Gasteiger partial charge on any atom is 0.416 e. The Morgan fingerprint density at radius 2 is 1.52 bits per heavy atom. The molecule has 40 heavy (non-hydrogen) atoms. The van der Waals surface area contributed by atoms with Crippen LogP contribution in [0.1, 0.15) is 48.7 Å². The number of carbonyl (C=O) groups is 1. The first-order chi connectivity index (χ1) is 18.6. The molecule has 0 spiro atoms. The molecule has 12 heteroatoms. The molecule has 0 bridgehead atoms. The van der Waals surface area contributed by atoms with E-state index in [1.165, 1.54) is 32.0 Å². The molecule has 2 heterocycles. The largest absolute Gasteiger partial charge is 0.416 e. The van der Waals surface area contributed by atoms with E-state index in [2.05, 4.69) is 15.2 Å². The minimum atomic E-state index is -5.06. The Morgan fingerprint density at radius 3 is 2.02 bits per heavy atom. The van der Waals surface area contributed by atoms with Gasteiger partial charge in [-0.25, -0.2) is 4.98 Å². The molecule has 0 aliphatic heterocycles. The summed E-state index contributed by atoms with van der Waals surface area (Å²) in [5, 5.41) is 16.6. The smallest absolute Gasteiger partial charge is 0.312 e. The van der Waals surface area contributed by atoms with Gasteiger partial charge in [0.1, 0.15) is 0 Å². The van der Waals surface area contributed by atoms with Crippen molar-refractivity contribution in [1.29, 1.82) is 5.26 Å². The number of pyridine rings is 1. The summed E-state index contributed by atoms with van der Waals surface area (Å²) in [7, 11) is 1.40. The maximum atomic E-state index is 14.0. The number of aryl methyl sites for hydroxylation is 1. The van der Waals surface area contributed by atoms with Crippen LogP contribution in [0.3, 0.4) is 0 Å². The molecule has 1 amide bonds. The second kappa shape index (κ2) is 9.97. The van der Waals surface area contributed by atoms with E-state index >= 15 is 0 Å². The minimum absolute atomic E-state index is 0.0305. The van der Waals surface area contributed by atoms with E-state index in [4.69, 9.17) is 0 Å². The second-order valence-corrected chi connectivity index (χ2v) is 9.74. The molecule has 4 aromatic rings. The van der Waals surface area contributed by atoms with Gasteiger partial charge in [-0.1, -0.05) is 19.1 Å². The number of likely N-dealkylation sites (N-methyl/N-ethyl adjacent to an activating group) is 1. The summed E-state index contributed by atoms with van der Waals surface area (Å²) >= 11 is 0. The lowest BCUT2D eigenvalue weighted by atomic mass is 9.81. The molecule has 2 aromatic carbocycles. The quantitative estimate of drug-likeness (QED) is 0.266. The van der Waals surface area contributed by atoms with Crippen molar-refractivity contribution in [3.8, 4) is 17.2 Å². The summed E-state index contributed by atoms with van der Waals surface area (Å²) < 4.78 is 81.4. The summed E-state index contributed by atoms with van der Waals surface area (Å²) in [6.45, 7) is 4.35. The number of amides is 1. The van der Waals surface area contributed by atoms with Crippen LogP contribution in [0.25, 0.3) is 22.2 Å². The number of anilines is 1. The van der Waals surface area contributed by atoms with E-state index in [9.17, 15) is 36.4 Å². The molecule has 6 nitrogen and oxygen atoms in total. The van der Waals surface area contributed by atoms with Crippen molar-refractivity contribution in [2.75, 3.05) is 11.9 Å². The number of nitrogens with zero attached hydrogens (tertiary/aromatic N) is 4. The number of aromatic nitrogens is 3. The molecular formula is C28H23F6N5O. The van der Waals surface area contributed by atoms with Gasteiger partial charge in [-0.15, -0.1) is 0 Å². The highest BCUT2D eigenvalue weighted by Crippen LogP contribution is 2.42. The van der Waals surface area contributed by atoms with Crippen LogP contribution in [0.4, 0.5) is 32.0 Å². The Balaban J connectivity index is 1.92. The molecule has 0 aliphatic rings. The van der Waals surface area contributed by atoms with Crippen molar-refractivity contribution < 1.29 is 31.1 Å². The molecule has 0 aliphatic carbocycles. The fourth-order valence-electron chi connectivity index (χ4n) is 4.58. The van der Waals surface area contributed by atoms with Crippen molar-refractivity contribution >= 4 is 22.6 Å². The highest BCUT2D eigenvalue weighted by molar-refractivity contribution is 6.08. The van der Waals surface area contributed by atoms with Gasteiger partial charge in [-0.3, -0.25) is 9.89 Å². The molecule has 0 saturated heterocycles. The standard InChI is InChI=1S/C28H23F6N5O/c1-5-21-23(22(20-14-36-38-24(20)37-21)16-8-6-15(13-35)7-9-16)39(4)25(40)26(2,3)17-10-18(27(29,30)31)12-19(11-17)28(32,33)34/h6-12,14H,5H2,1-4H3,(H,36,37,38). The number of hydrogen-bond donors (Lipinski definition) is 1. The van der Waals surface area contributed by atoms with Crippen LogP contribution >= 0.6 is 0 Å². The van der Waals surface area contributed by atoms with Crippen LogP contribution in [0.15, 0.2) is 48.7 Å². The van der Waals surface area contributed by atoms with Gasteiger partial charge in [0.05, 0.1) is 45.8 Å². The number of benzene rings is 2. The molecule has 4 rings (SSSR count). The summed E-state index contributed by atoms with van der Waals surface area (Å²) in [6, 6.07) is 9.73. The van der Waals surface area contributed by atoms with Crippen LogP contribution in [0, 0.1) is 11.3 Å². The Bertz CT molecular complexity index is 1600. The number of carbonyl (C=O) groups excluding carboxylic acids is 1. The number of alkyl halides is 6. The van der Waals surface area contributed by atoms with Crippen LogP contribution < -0.4 is 4.90 Å². The molecule has 0 radical (unpaired) electrons. The molecule has 2 aromatic heterocycles. The number of fused-ring (bicyclic) bond motifs is 1. The van der Waals surface area contributed by atoms with Crippen LogP contribution in [-0.4, -0.2) is 28.1 Å². The molecule has 208 valence electrons. The zero-order valence-electron chi connectivity index (χ0n) is 21.8. The fraction of sp³-hybridized carbons (Fsp3) is 0.286. The lowest BCUT2D eigenvalue weighted by Gasteiger charge is -2.33. The fourth-order valence-corrected chi connectivity index (χ4v) is 4.58. The third-order valence-electron chi connectivity index (χ3n) is 6.77. The van der Waals surface area contributed by atoms with Gasteiger partial charge in [0.15, 0.2) is 5.65 Å². The van der Waals surface area contributed by atoms with Gasteiger partial charge in [-0.05, 0) is 61.7 Å². The van der Waals surface area contributed by atoms with Crippen LogP contribution in [-0.2, 0) is 29.0 Å². The van der Waals surface area contributed by atoms with Gasteiger partial charge < -0.3 is 4.90 Å². The second-order valence-electron chi connectivity index (χ2n) is 9.74. The number of rotatable bonds is 5. The number of nitrogens with one attached hydrogen (secondary N) is 1. The topological polar surface area (TPSA) is 85.7 Å². The number of nitriles is 1. The van der Waals surface area contributed by atoms with E-state index in [1.807, 2.05) is 6.07 Å². The SMILES string of the molecule is CCc1nc2[nH]ncc2c(-c2ccc(C#N)cc2)c1N(C)C(=O)C(C)(C)c1cc(C(F)(F)F)cc(C(F)(F)F)c1. The average molecular weight is 560 g/mol. The van der Waals surface area contributed by atoms with Gasteiger partial charge in [0.2, 0.25) is 5.91 Å². The first-order valence-electron chi connectivity index (χ1n) is 12.0. The normalized spacial score (nSPS) is 12.4. The molecule has 0 unspecified atom stereocenters. The van der Waals surface area contributed by atoms with Crippen LogP contribution in [0.5, 0.6) is 0 Å². The van der Waals surface area contributed by atoms with Crippen molar-refractivity contribution in [3.63, 3.8) is 0 Å². The number of halogens is 6. The van der Waals surface area contributed by atoms with E-state index in [-0.39, 0.29) is 6.07 Å². The average Bonchev–Trinajstić information content (AvgIpc) is 3.38. The first-order valence-corrected chi connectivity index (χ1v) is 12.0. The van der Waals surface area contributed by atoms with E-state index < -0.39 is 40.4 Å². The molecule has 1 N–H and O–H groups in total.